The van der Waals surface area contributed by atoms with Gasteiger partial charge in [0.05, 0.1) is 0 Å². The van der Waals surface area contributed by atoms with E-state index < -0.39 is 0 Å². The van der Waals surface area contributed by atoms with Crippen molar-refractivity contribution in [3.63, 3.8) is 0 Å². The molecule has 1 aliphatic heterocycles. The van der Waals surface area contributed by atoms with Crippen LogP contribution >= 0.6 is 15.9 Å². The molecule has 3 rings (SSSR count). The van der Waals surface area contributed by atoms with Gasteiger partial charge in [0.1, 0.15) is 5.69 Å². The Balaban J connectivity index is 1.93. The number of benzene rings is 1. The molecule has 0 unspecified atom stereocenters. The van der Waals surface area contributed by atoms with Crippen LogP contribution in [0.1, 0.15) is 23.3 Å². The molecule has 1 amide bonds. The molecule has 0 N–H and O–H groups in total. The molecule has 0 aliphatic carbocycles. The van der Waals surface area contributed by atoms with Gasteiger partial charge >= 0.3 is 0 Å². The van der Waals surface area contributed by atoms with E-state index in [2.05, 4.69) is 20.9 Å². The first kappa shape index (κ1) is 12.6. The van der Waals surface area contributed by atoms with Crippen molar-refractivity contribution >= 4 is 32.6 Å². The number of fused-ring (bicyclic) bond motifs is 1. The van der Waals surface area contributed by atoms with E-state index in [1.807, 2.05) is 35.2 Å². The second-order valence-corrected chi connectivity index (χ2v) is 6.14. The fraction of sp³-hybridized carbons (Fsp3) is 0.333. The predicted molar refractivity (Wildman–Crippen MR) is 79.6 cm³/mol. The van der Waals surface area contributed by atoms with E-state index in [9.17, 15) is 4.79 Å². The lowest BCUT2D eigenvalue weighted by Gasteiger charge is -2.29. The summed E-state index contributed by atoms with van der Waals surface area (Å²) in [4.78, 5) is 19.3. The van der Waals surface area contributed by atoms with E-state index in [1.54, 1.807) is 6.20 Å². The number of carbonyl (C=O) groups excluding carboxylic acids is 1. The Kier molecular flexibility index (Phi) is 3.51. The van der Waals surface area contributed by atoms with Gasteiger partial charge in [0.25, 0.3) is 5.91 Å². The van der Waals surface area contributed by atoms with Crippen LogP contribution in [0.25, 0.3) is 10.8 Å². The molecule has 1 fully saturated rings. The zero-order valence-corrected chi connectivity index (χ0v) is 12.1. The number of pyridine rings is 1. The number of piperidine rings is 1. The lowest BCUT2D eigenvalue weighted by molar-refractivity contribution is 0.0724. The summed E-state index contributed by atoms with van der Waals surface area (Å²) in [6.07, 6.45) is 3.74. The van der Waals surface area contributed by atoms with Gasteiger partial charge in [0.2, 0.25) is 0 Å². The number of carbonyl (C=O) groups is 1. The summed E-state index contributed by atoms with van der Waals surface area (Å²) < 4.78 is 0. The smallest absolute Gasteiger partial charge is 0.273 e. The molecule has 1 aliphatic rings. The van der Waals surface area contributed by atoms with Crippen molar-refractivity contribution < 1.29 is 4.79 Å². The largest absolute Gasteiger partial charge is 0.337 e. The number of rotatable bonds is 1. The number of amides is 1. The number of hydrogen-bond donors (Lipinski definition) is 0. The van der Waals surface area contributed by atoms with E-state index >= 15 is 0 Å². The van der Waals surface area contributed by atoms with E-state index in [4.69, 9.17) is 0 Å². The molecule has 98 valence electrons. The van der Waals surface area contributed by atoms with Crippen LogP contribution in [0.4, 0.5) is 0 Å². The van der Waals surface area contributed by atoms with Gasteiger partial charge in [0, 0.05) is 29.5 Å². The number of halogens is 1. The summed E-state index contributed by atoms with van der Waals surface area (Å²) in [5, 5.41) is 2.01. The Morgan fingerprint density at radius 2 is 1.95 bits per heavy atom. The van der Waals surface area contributed by atoms with Gasteiger partial charge in [-0.15, -0.1) is 0 Å². The maximum absolute atomic E-state index is 12.6. The van der Waals surface area contributed by atoms with Crippen molar-refractivity contribution in [2.45, 2.75) is 17.7 Å². The lowest BCUT2D eigenvalue weighted by atomic mass is 10.1. The summed E-state index contributed by atoms with van der Waals surface area (Å²) in [6.45, 7) is 1.61. The standard InChI is InChI=1S/C15H15BrN2O/c16-12-6-9-18(10-7-12)15(19)14-13-4-2-1-3-11(13)5-8-17-14/h1-5,8,12H,6-7,9-10H2. The van der Waals surface area contributed by atoms with Gasteiger partial charge in [-0.2, -0.15) is 0 Å². The molecule has 0 atom stereocenters. The molecule has 0 saturated carbocycles. The van der Waals surface area contributed by atoms with Crippen LogP contribution < -0.4 is 0 Å². The summed E-state index contributed by atoms with van der Waals surface area (Å²) in [7, 11) is 0. The molecule has 3 nitrogen and oxygen atoms in total. The molecule has 0 spiro atoms. The highest BCUT2D eigenvalue weighted by atomic mass is 79.9. The van der Waals surface area contributed by atoms with E-state index in [-0.39, 0.29) is 5.91 Å². The van der Waals surface area contributed by atoms with Gasteiger partial charge in [-0.1, -0.05) is 40.2 Å². The number of nitrogens with zero attached hydrogens (tertiary/aromatic N) is 2. The predicted octanol–water partition coefficient (Wildman–Crippen LogP) is 3.23. The van der Waals surface area contributed by atoms with Gasteiger partial charge in [-0.05, 0) is 24.3 Å². The van der Waals surface area contributed by atoms with Crippen LogP contribution in [0.3, 0.4) is 0 Å². The molecule has 4 heteroatoms. The summed E-state index contributed by atoms with van der Waals surface area (Å²) in [5.74, 6) is 0.0520. The second kappa shape index (κ2) is 5.29. The Hall–Kier alpha value is -1.42. The number of likely N-dealkylation sites (tertiary alicyclic amines) is 1. The minimum atomic E-state index is 0.0520. The number of aromatic nitrogens is 1. The van der Waals surface area contributed by atoms with Gasteiger partial charge in [-0.25, -0.2) is 0 Å². The topological polar surface area (TPSA) is 33.2 Å². The van der Waals surface area contributed by atoms with Crippen molar-refractivity contribution in [3.8, 4) is 0 Å². The van der Waals surface area contributed by atoms with Crippen LogP contribution in [0.5, 0.6) is 0 Å². The molecule has 1 aromatic heterocycles. The average Bonchev–Trinajstić information content (AvgIpc) is 2.47. The highest BCUT2D eigenvalue weighted by Gasteiger charge is 2.24. The molecular weight excluding hydrogens is 304 g/mol. The Labute approximate surface area is 120 Å². The van der Waals surface area contributed by atoms with Gasteiger partial charge in [-0.3, -0.25) is 9.78 Å². The van der Waals surface area contributed by atoms with Crippen molar-refractivity contribution in [2.24, 2.45) is 0 Å². The summed E-state index contributed by atoms with van der Waals surface area (Å²) >= 11 is 3.61. The van der Waals surface area contributed by atoms with E-state index in [1.165, 1.54) is 0 Å². The number of alkyl halides is 1. The van der Waals surface area contributed by atoms with Crippen molar-refractivity contribution in [1.29, 1.82) is 0 Å². The fourth-order valence-corrected chi connectivity index (χ4v) is 2.90. The molecular formula is C15H15BrN2O. The maximum Gasteiger partial charge on any atom is 0.273 e. The first-order valence-electron chi connectivity index (χ1n) is 6.53. The van der Waals surface area contributed by atoms with Crippen LogP contribution in [-0.2, 0) is 0 Å². The normalized spacial score (nSPS) is 16.8. The third-order valence-electron chi connectivity index (χ3n) is 3.59. The molecule has 0 radical (unpaired) electrons. The van der Waals surface area contributed by atoms with Crippen LogP contribution in [0.2, 0.25) is 0 Å². The van der Waals surface area contributed by atoms with Crippen LogP contribution in [-0.4, -0.2) is 33.7 Å². The molecule has 0 bridgehead atoms. The molecule has 2 heterocycles. The Morgan fingerprint density at radius 3 is 2.74 bits per heavy atom. The van der Waals surface area contributed by atoms with Crippen molar-refractivity contribution in [2.75, 3.05) is 13.1 Å². The Morgan fingerprint density at radius 1 is 1.21 bits per heavy atom. The molecule has 1 aromatic carbocycles. The van der Waals surface area contributed by atoms with Gasteiger partial charge in [0.15, 0.2) is 0 Å². The first-order chi connectivity index (χ1) is 9.25. The van der Waals surface area contributed by atoms with E-state index in [0.29, 0.717) is 10.5 Å². The van der Waals surface area contributed by atoms with Crippen LogP contribution in [0, 0.1) is 0 Å². The highest BCUT2D eigenvalue weighted by Crippen LogP contribution is 2.22. The molecule has 1 saturated heterocycles. The first-order valence-corrected chi connectivity index (χ1v) is 7.44. The maximum atomic E-state index is 12.6. The second-order valence-electron chi connectivity index (χ2n) is 4.85. The minimum Gasteiger partial charge on any atom is -0.337 e. The zero-order valence-electron chi connectivity index (χ0n) is 10.6. The molecule has 19 heavy (non-hydrogen) atoms. The lowest BCUT2D eigenvalue weighted by Crippen LogP contribution is -2.39. The minimum absolute atomic E-state index is 0.0520. The highest BCUT2D eigenvalue weighted by molar-refractivity contribution is 9.09. The fourth-order valence-electron chi connectivity index (χ4n) is 2.49. The Bertz CT molecular complexity index is 601. The zero-order chi connectivity index (χ0) is 13.2. The third kappa shape index (κ3) is 2.50. The summed E-state index contributed by atoms with van der Waals surface area (Å²) in [5.41, 5.74) is 0.575. The molecule has 2 aromatic rings. The summed E-state index contributed by atoms with van der Waals surface area (Å²) in [6, 6.07) is 9.85. The van der Waals surface area contributed by atoms with Crippen molar-refractivity contribution in [1.82, 2.24) is 9.88 Å². The van der Waals surface area contributed by atoms with Crippen molar-refractivity contribution in [3.05, 3.63) is 42.2 Å². The van der Waals surface area contributed by atoms with Gasteiger partial charge < -0.3 is 4.90 Å². The van der Waals surface area contributed by atoms with Crippen LogP contribution in [0.15, 0.2) is 36.5 Å². The number of hydrogen-bond acceptors (Lipinski definition) is 2. The third-order valence-corrected chi connectivity index (χ3v) is 4.50. The average molecular weight is 319 g/mol. The SMILES string of the molecule is O=C(c1nccc2ccccc12)N1CCC(Br)CC1. The van der Waals surface area contributed by atoms with E-state index in [0.717, 1.165) is 36.7 Å². The quantitative estimate of drug-likeness (QED) is 0.756. The monoisotopic (exact) mass is 318 g/mol.